The lowest BCUT2D eigenvalue weighted by Crippen LogP contribution is -2.40. The van der Waals surface area contributed by atoms with Gasteiger partial charge in [0.25, 0.3) is 0 Å². The Bertz CT molecular complexity index is 308. The molecule has 4 nitrogen and oxygen atoms in total. The van der Waals surface area contributed by atoms with Gasteiger partial charge in [-0.15, -0.1) is 0 Å². The monoisotopic (exact) mass is 286 g/mol. The average Bonchev–Trinajstić information content (AvgIpc) is 2.26. The third-order valence-electron chi connectivity index (χ3n) is 3.35. The second-order valence-corrected chi connectivity index (χ2v) is 6.99. The maximum absolute atomic E-state index is 12.1. The van der Waals surface area contributed by atoms with Gasteiger partial charge < -0.3 is 9.47 Å². The summed E-state index contributed by atoms with van der Waals surface area (Å²) in [4.78, 5) is 24.2. The number of rotatable bonds is 7. The summed E-state index contributed by atoms with van der Waals surface area (Å²) in [6.07, 6.45) is 1.69. The summed E-state index contributed by atoms with van der Waals surface area (Å²) >= 11 is 0. The summed E-state index contributed by atoms with van der Waals surface area (Å²) in [7, 11) is 0. The van der Waals surface area contributed by atoms with Gasteiger partial charge in [0.2, 0.25) is 0 Å². The van der Waals surface area contributed by atoms with Gasteiger partial charge in [0.1, 0.15) is 0 Å². The van der Waals surface area contributed by atoms with Gasteiger partial charge >= 0.3 is 11.9 Å². The van der Waals surface area contributed by atoms with E-state index in [2.05, 4.69) is 20.8 Å². The molecule has 0 amide bonds. The topological polar surface area (TPSA) is 52.6 Å². The quantitative estimate of drug-likeness (QED) is 0.530. The number of carbonyl (C=O) groups is 2. The first-order valence-electron chi connectivity index (χ1n) is 7.38. The maximum Gasteiger partial charge on any atom is 0.320 e. The summed E-state index contributed by atoms with van der Waals surface area (Å²) in [5.74, 6) is -1.82. The van der Waals surface area contributed by atoms with Crippen molar-refractivity contribution >= 4 is 11.9 Å². The van der Waals surface area contributed by atoms with Crippen molar-refractivity contribution in [3.05, 3.63) is 0 Å². The molecule has 0 bridgehead atoms. The largest absolute Gasteiger partial charge is 0.465 e. The lowest BCUT2D eigenvalue weighted by molar-refractivity contribution is -0.168. The third-order valence-corrected chi connectivity index (χ3v) is 3.35. The molecule has 0 heterocycles. The molecule has 0 saturated carbocycles. The van der Waals surface area contributed by atoms with Crippen LogP contribution in [0.1, 0.15) is 61.3 Å². The van der Waals surface area contributed by atoms with Crippen molar-refractivity contribution in [1.29, 1.82) is 0 Å². The summed E-state index contributed by atoms with van der Waals surface area (Å²) < 4.78 is 10.1. The predicted molar refractivity (Wildman–Crippen MR) is 79.2 cm³/mol. The summed E-state index contributed by atoms with van der Waals surface area (Å²) in [6, 6.07) is 0. The minimum absolute atomic E-state index is 0.158. The molecule has 0 aromatic heterocycles. The SMILES string of the molecule is CCOC(=O)C(C(=O)OCC)C(C)(C)CCC(C)(C)C. The second kappa shape index (κ2) is 7.65. The highest BCUT2D eigenvalue weighted by molar-refractivity contribution is 5.95. The van der Waals surface area contributed by atoms with E-state index >= 15 is 0 Å². The van der Waals surface area contributed by atoms with Crippen molar-refractivity contribution in [2.75, 3.05) is 13.2 Å². The van der Waals surface area contributed by atoms with Crippen molar-refractivity contribution < 1.29 is 19.1 Å². The Kier molecular flexibility index (Phi) is 7.25. The Hall–Kier alpha value is -1.06. The molecule has 0 rings (SSSR count). The molecule has 0 aliphatic rings. The molecule has 0 atom stereocenters. The van der Waals surface area contributed by atoms with Crippen LogP contribution < -0.4 is 0 Å². The van der Waals surface area contributed by atoms with Crippen LogP contribution in [0.25, 0.3) is 0 Å². The Morgan fingerprint density at radius 1 is 0.850 bits per heavy atom. The van der Waals surface area contributed by atoms with E-state index in [0.717, 1.165) is 12.8 Å². The van der Waals surface area contributed by atoms with Gasteiger partial charge in [-0.1, -0.05) is 34.6 Å². The number of esters is 2. The molecule has 0 spiro atoms. The fourth-order valence-electron chi connectivity index (χ4n) is 2.03. The van der Waals surface area contributed by atoms with E-state index < -0.39 is 23.3 Å². The molecule has 0 saturated heterocycles. The smallest absolute Gasteiger partial charge is 0.320 e. The van der Waals surface area contributed by atoms with E-state index in [-0.39, 0.29) is 18.6 Å². The molecule has 0 unspecified atom stereocenters. The van der Waals surface area contributed by atoms with Crippen LogP contribution in [0.4, 0.5) is 0 Å². The Balaban J connectivity index is 5.07. The van der Waals surface area contributed by atoms with Crippen molar-refractivity contribution in [3.63, 3.8) is 0 Å². The van der Waals surface area contributed by atoms with E-state index in [9.17, 15) is 9.59 Å². The van der Waals surface area contributed by atoms with E-state index in [1.165, 1.54) is 0 Å². The zero-order chi connectivity index (χ0) is 16.0. The minimum atomic E-state index is -0.857. The number of carbonyl (C=O) groups excluding carboxylic acids is 2. The highest BCUT2D eigenvalue weighted by atomic mass is 16.6. The highest BCUT2D eigenvalue weighted by Crippen LogP contribution is 2.37. The minimum Gasteiger partial charge on any atom is -0.465 e. The molecule has 0 aromatic rings. The van der Waals surface area contributed by atoms with E-state index in [0.29, 0.717) is 0 Å². The molecule has 4 heteroatoms. The van der Waals surface area contributed by atoms with Crippen LogP contribution in [0, 0.1) is 16.7 Å². The normalized spacial score (nSPS) is 12.4. The van der Waals surface area contributed by atoms with Crippen molar-refractivity contribution in [1.82, 2.24) is 0 Å². The average molecular weight is 286 g/mol. The van der Waals surface area contributed by atoms with Gasteiger partial charge in [0.15, 0.2) is 5.92 Å². The number of hydrogen-bond donors (Lipinski definition) is 0. The zero-order valence-corrected chi connectivity index (χ0v) is 14.0. The maximum atomic E-state index is 12.1. The fourth-order valence-corrected chi connectivity index (χ4v) is 2.03. The molecule has 0 aliphatic carbocycles. The van der Waals surface area contributed by atoms with Crippen LogP contribution in [0.5, 0.6) is 0 Å². The molecule has 20 heavy (non-hydrogen) atoms. The molecule has 0 fully saturated rings. The first kappa shape index (κ1) is 18.9. The highest BCUT2D eigenvalue weighted by Gasteiger charge is 2.43. The summed E-state index contributed by atoms with van der Waals surface area (Å²) in [6.45, 7) is 14.3. The first-order chi connectivity index (χ1) is 9.05. The Labute approximate surface area is 123 Å². The van der Waals surface area contributed by atoms with Gasteiger partial charge in [-0.3, -0.25) is 9.59 Å². The van der Waals surface area contributed by atoms with Crippen molar-refractivity contribution in [2.24, 2.45) is 16.7 Å². The van der Waals surface area contributed by atoms with Crippen LogP contribution in [-0.4, -0.2) is 25.2 Å². The van der Waals surface area contributed by atoms with Gasteiger partial charge in [0, 0.05) is 0 Å². The first-order valence-corrected chi connectivity index (χ1v) is 7.38. The Morgan fingerprint density at radius 2 is 1.25 bits per heavy atom. The van der Waals surface area contributed by atoms with Gasteiger partial charge in [-0.25, -0.2) is 0 Å². The van der Waals surface area contributed by atoms with Crippen LogP contribution in [0.15, 0.2) is 0 Å². The van der Waals surface area contributed by atoms with Crippen LogP contribution in [0.2, 0.25) is 0 Å². The number of ether oxygens (including phenoxy) is 2. The Morgan fingerprint density at radius 3 is 1.55 bits per heavy atom. The van der Waals surface area contributed by atoms with E-state index in [1.54, 1.807) is 13.8 Å². The second-order valence-electron chi connectivity index (χ2n) is 6.99. The third kappa shape index (κ3) is 6.40. The van der Waals surface area contributed by atoms with Crippen LogP contribution in [-0.2, 0) is 19.1 Å². The van der Waals surface area contributed by atoms with Crippen molar-refractivity contribution in [2.45, 2.75) is 61.3 Å². The van der Waals surface area contributed by atoms with Gasteiger partial charge in [-0.05, 0) is 37.5 Å². The molecule has 118 valence electrons. The van der Waals surface area contributed by atoms with Crippen LogP contribution in [0.3, 0.4) is 0 Å². The molecule has 0 radical (unpaired) electrons. The standard InChI is InChI=1S/C16H30O4/c1-8-19-13(17)12(14(18)20-9-2)16(6,7)11-10-15(3,4)5/h12H,8-11H2,1-7H3. The van der Waals surface area contributed by atoms with Gasteiger partial charge in [0.05, 0.1) is 13.2 Å². The molecular weight excluding hydrogens is 256 g/mol. The zero-order valence-electron chi connectivity index (χ0n) is 14.0. The van der Waals surface area contributed by atoms with Crippen LogP contribution >= 0.6 is 0 Å². The van der Waals surface area contributed by atoms with E-state index in [4.69, 9.17) is 9.47 Å². The number of hydrogen-bond acceptors (Lipinski definition) is 4. The fraction of sp³-hybridized carbons (Fsp3) is 0.875. The predicted octanol–water partition coefficient (Wildman–Crippen LogP) is 3.58. The molecule has 0 aromatic carbocycles. The lowest BCUT2D eigenvalue weighted by atomic mass is 9.72. The summed E-state index contributed by atoms with van der Waals surface area (Å²) in [5, 5.41) is 0. The van der Waals surface area contributed by atoms with E-state index in [1.807, 2.05) is 13.8 Å². The molecule has 0 N–H and O–H groups in total. The summed E-state index contributed by atoms with van der Waals surface area (Å²) in [5.41, 5.74) is -0.322. The lowest BCUT2D eigenvalue weighted by Gasteiger charge is -2.33. The molecule has 0 aliphatic heterocycles. The van der Waals surface area contributed by atoms with Gasteiger partial charge in [-0.2, -0.15) is 0 Å². The molecular formula is C16H30O4. The van der Waals surface area contributed by atoms with Crippen molar-refractivity contribution in [3.8, 4) is 0 Å².